The summed E-state index contributed by atoms with van der Waals surface area (Å²) in [5.41, 5.74) is 1.22. The number of rotatable bonds is 19. The van der Waals surface area contributed by atoms with Crippen molar-refractivity contribution in [3.63, 3.8) is 0 Å². The van der Waals surface area contributed by atoms with Crippen LogP contribution < -0.4 is 0 Å². The first-order chi connectivity index (χ1) is 14.1. The summed E-state index contributed by atoms with van der Waals surface area (Å²) in [6, 6.07) is 10.3. The van der Waals surface area contributed by atoms with Gasteiger partial charge < -0.3 is 14.9 Å². The Morgan fingerprint density at radius 1 is 0.828 bits per heavy atom. The molecule has 29 heavy (non-hydrogen) atoms. The zero-order chi connectivity index (χ0) is 21.2. The molecule has 0 aromatic heterocycles. The van der Waals surface area contributed by atoms with Gasteiger partial charge in [-0.3, -0.25) is 4.79 Å². The van der Waals surface area contributed by atoms with Gasteiger partial charge in [0.25, 0.3) is 0 Å². The Kier molecular flexibility index (Phi) is 15.4. The molecule has 2 unspecified atom stereocenters. The third-order valence-corrected chi connectivity index (χ3v) is 5.45. The minimum atomic E-state index is -0.686. The maximum Gasteiger partial charge on any atom is 0.303 e. The first-order valence-electron chi connectivity index (χ1n) is 11.6. The van der Waals surface area contributed by atoms with Crippen LogP contribution in [0.4, 0.5) is 0 Å². The molecule has 0 aliphatic carbocycles. The molecule has 166 valence electrons. The van der Waals surface area contributed by atoms with E-state index in [4.69, 9.17) is 9.84 Å². The quantitative estimate of drug-likeness (QED) is 0.257. The Bertz CT molecular complexity index is 503. The van der Waals surface area contributed by atoms with Crippen molar-refractivity contribution in [3.05, 3.63) is 35.9 Å². The largest absolute Gasteiger partial charge is 0.481 e. The van der Waals surface area contributed by atoms with Crippen molar-refractivity contribution in [3.8, 4) is 0 Å². The molecule has 2 N–H and O–H groups in total. The molecule has 0 fully saturated rings. The number of unbranched alkanes of at least 4 members (excludes halogenated alkanes) is 8. The third kappa shape index (κ3) is 16.1. The highest BCUT2D eigenvalue weighted by Crippen LogP contribution is 2.15. The monoisotopic (exact) mass is 406 g/mol. The molecule has 0 aliphatic heterocycles. The lowest BCUT2D eigenvalue weighted by molar-refractivity contribution is -0.137. The van der Waals surface area contributed by atoms with Crippen LogP contribution in [0, 0.1) is 0 Å². The molecule has 4 nitrogen and oxygen atoms in total. The lowest BCUT2D eigenvalue weighted by atomic mass is 10.0. The second-order valence-electron chi connectivity index (χ2n) is 8.31. The van der Waals surface area contributed by atoms with Gasteiger partial charge in [-0.2, -0.15) is 0 Å². The van der Waals surface area contributed by atoms with E-state index in [9.17, 15) is 9.90 Å². The Morgan fingerprint density at radius 3 is 1.97 bits per heavy atom. The molecule has 0 heterocycles. The number of ether oxygens (including phenoxy) is 1. The van der Waals surface area contributed by atoms with Crippen molar-refractivity contribution in [2.45, 2.75) is 116 Å². The van der Waals surface area contributed by atoms with Gasteiger partial charge in [-0.1, -0.05) is 88.1 Å². The average molecular weight is 407 g/mol. The maximum atomic E-state index is 10.4. The van der Waals surface area contributed by atoms with E-state index >= 15 is 0 Å². The molecule has 0 aliphatic rings. The maximum absolute atomic E-state index is 10.4. The molecule has 0 amide bonds. The molecule has 1 aromatic rings. The van der Waals surface area contributed by atoms with Gasteiger partial charge in [0.15, 0.2) is 0 Å². The summed E-state index contributed by atoms with van der Waals surface area (Å²) in [7, 11) is 0. The number of aliphatic hydroxyl groups excluding tert-OH is 1. The fourth-order valence-corrected chi connectivity index (χ4v) is 3.57. The summed E-state index contributed by atoms with van der Waals surface area (Å²) in [4.78, 5) is 10.4. The van der Waals surface area contributed by atoms with Gasteiger partial charge in [0, 0.05) is 6.42 Å². The summed E-state index contributed by atoms with van der Waals surface area (Å²) in [5, 5.41) is 18.7. The predicted octanol–water partition coefficient (Wildman–Crippen LogP) is 6.50. The summed E-state index contributed by atoms with van der Waals surface area (Å²) in [6.45, 7) is 2.80. The summed E-state index contributed by atoms with van der Waals surface area (Å²) in [6.07, 6.45) is 14.4. The van der Waals surface area contributed by atoms with Crippen LogP contribution >= 0.6 is 0 Å². The zero-order valence-electron chi connectivity index (χ0n) is 18.4. The lowest BCUT2D eigenvalue weighted by Gasteiger charge is -2.14. The minimum Gasteiger partial charge on any atom is -0.481 e. The Morgan fingerprint density at radius 2 is 1.34 bits per heavy atom. The van der Waals surface area contributed by atoms with Crippen LogP contribution in [0.2, 0.25) is 0 Å². The number of carbonyl (C=O) groups is 1. The van der Waals surface area contributed by atoms with Gasteiger partial charge in [0.1, 0.15) is 0 Å². The fourth-order valence-electron chi connectivity index (χ4n) is 3.57. The van der Waals surface area contributed by atoms with Crippen LogP contribution in [0.3, 0.4) is 0 Å². The first kappa shape index (κ1) is 25.6. The second-order valence-corrected chi connectivity index (χ2v) is 8.31. The SMILES string of the molecule is CC(CCCCC(O)CCCCCCCCCCC(=O)O)OCc1ccccc1. The molecule has 2 atom stereocenters. The van der Waals surface area contributed by atoms with Crippen molar-refractivity contribution in [2.75, 3.05) is 0 Å². The molecule has 1 aromatic carbocycles. The average Bonchev–Trinajstić information content (AvgIpc) is 2.71. The van der Waals surface area contributed by atoms with Gasteiger partial charge in [0.05, 0.1) is 18.8 Å². The van der Waals surface area contributed by atoms with Crippen molar-refractivity contribution in [1.82, 2.24) is 0 Å². The van der Waals surface area contributed by atoms with E-state index in [2.05, 4.69) is 19.1 Å². The van der Waals surface area contributed by atoms with Crippen molar-refractivity contribution < 1.29 is 19.7 Å². The highest BCUT2D eigenvalue weighted by molar-refractivity contribution is 5.66. The summed E-state index contributed by atoms with van der Waals surface area (Å²) >= 11 is 0. The third-order valence-electron chi connectivity index (χ3n) is 5.45. The van der Waals surface area contributed by atoms with Crippen LogP contribution in [-0.4, -0.2) is 28.4 Å². The molecule has 1 rings (SSSR count). The molecule has 0 bridgehead atoms. The van der Waals surface area contributed by atoms with E-state index in [1.807, 2.05) is 18.2 Å². The Balaban J connectivity index is 1.85. The molecule has 0 saturated heterocycles. The van der Waals surface area contributed by atoms with E-state index in [1.165, 1.54) is 31.2 Å². The smallest absolute Gasteiger partial charge is 0.303 e. The van der Waals surface area contributed by atoms with Gasteiger partial charge in [-0.05, 0) is 38.2 Å². The molecular formula is C25H42O4. The minimum absolute atomic E-state index is 0.161. The van der Waals surface area contributed by atoms with Gasteiger partial charge in [0.2, 0.25) is 0 Å². The van der Waals surface area contributed by atoms with Gasteiger partial charge in [-0.15, -0.1) is 0 Å². The predicted molar refractivity (Wildman–Crippen MR) is 119 cm³/mol. The number of hydrogen-bond acceptors (Lipinski definition) is 3. The van der Waals surface area contributed by atoms with E-state index in [-0.39, 0.29) is 12.2 Å². The Labute approximate surface area is 177 Å². The lowest BCUT2D eigenvalue weighted by Crippen LogP contribution is -2.09. The topological polar surface area (TPSA) is 66.8 Å². The highest BCUT2D eigenvalue weighted by atomic mass is 16.5. The normalized spacial score (nSPS) is 13.3. The van der Waals surface area contributed by atoms with Crippen molar-refractivity contribution >= 4 is 5.97 Å². The van der Waals surface area contributed by atoms with E-state index in [1.54, 1.807) is 0 Å². The van der Waals surface area contributed by atoms with Crippen LogP contribution in [0.1, 0.15) is 102 Å². The highest BCUT2D eigenvalue weighted by Gasteiger charge is 2.06. The van der Waals surface area contributed by atoms with Gasteiger partial charge in [-0.25, -0.2) is 0 Å². The summed E-state index contributed by atoms with van der Waals surface area (Å²) < 4.78 is 5.89. The molecule has 4 heteroatoms. The number of hydrogen-bond donors (Lipinski definition) is 2. The van der Waals surface area contributed by atoms with E-state index in [0.717, 1.165) is 57.8 Å². The number of carboxylic acids is 1. The van der Waals surface area contributed by atoms with Crippen molar-refractivity contribution in [1.29, 1.82) is 0 Å². The van der Waals surface area contributed by atoms with Gasteiger partial charge >= 0.3 is 5.97 Å². The van der Waals surface area contributed by atoms with E-state index < -0.39 is 5.97 Å². The van der Waals surface area contributed by atoms with Crippen LogP contribution in [0.15, 0.2) is 30.3 Å². The zero-order valence-corrected chi connectivity index (χ0v) is 18.4. The first-order valence-corrected chi connectivity index (χ1v) is 11.6. The van der Waals surface area contributed by atoms with Crippen LogP contribution in [0.5, 0.6) is 0 Å². The van der Waals surface area contributed by atoms with E-state index in [0.29, 0.717) is 13.0 Å². The second kappa shape index (κ2) is 17.5. The number of carboxylic acid groups (broad SMARTS) is 1. The van der Waals surface area contributed by atoms with Crippen LogP contribution in [0.25, 0.3) is 0 Å². The number of aliphatic hydroxyl groups is 1. The number of aliphatic carboxylic acids is 1. The number of benzene rings is 1. The van der Waals surface area contributed by atoms with Crippen molar-refractivity contribution in [2.24, 2.45) is 0 Å². The fraction of sp³-hybridized carbons (Fsp3) is 0.720. The van der Waals surface area contributed by atoms with Crippen LogP contribution in [-0.2, 0) is 16.1 Å². The summed E-state index contributed by atoms with van der Waals surface area (Å²) in [5.74, 6) is -0.686. The molecule has 0 spiro atoms. The molecular weight excluding hydrogens is 364 g/mol. The Hall–Kier alpha value is -1.39. The molecule has 0 saturated carbocycles. The molecule has 0 radical (unpaired) electrons. The standard InChI is InChI=1S/C25H42O4/c1-22(29-21-23-16-9-8-10-17-23)15-13-14-19-24(26)18-11-6-4-2-3-5-7-12-20-25(27)28/h8-10,16-17,22,24,26H,2-7,11-15,18-21H2,1H3,(H,27,28).